The van der Waals surface area contributed by atoms with Crippen molar-refractivity contribution in [1.29, 1.82) is 0 Å². The molecule has 0 atom stereocenters. The number of ether oxygens (including phenoxy) is 2. The highest BCUT2D eigenvalue weighted by Gasteiger charge is 2.33. The van der Waals surface area contributed by atoms with Crippen LogP contribution in [-0.2, 0) is 26.1 Å². The summed E-state index contributed by atoms with van der Waals surface area (Å²) >= 11 is 8.36. The van der Waals surface area contributed by atoms with Crippen LogP contribution < -0.4 is 9.54 Å². The molecule has 33 heavy (non-hydrogen) atoms. The van der Waals surface area contributed by atoms with Gasteiger partial charge < -0.3 is 14.0 Å². The molecule has 3 heterocycles. The number of carbonyl (C=O) groups excluding carboxylic acids is 1. The Morgan fingerprint density at radius 3 is 2.58 bits per heavy atom. The second-order valence-corrected chi connectivity index (χ2v) is 12.4. The van der Waals surface area contributed by atoms with E-state index >= 15 is 0 Å². The molecular weight excluding hydrogens is 506 g/mol. The summed E-state index contributed by atoms with van der Waals surface area (Å²) in [5.41, 5.74) is 0.958. The van der Waals surface area contributed by atoms with Crippen molar-refractivity contribution in [2.24, 2.45) is 10.9 Å². The fraction of sp³-hybridized carbons (Fsp3) is 0.429. The predicted octanol–water partition coefficient (Wildman–Crippen LogP) is 3.60. The Hall–Kier alpha value is -1.76. The summed E-state index contributed by atoms with van der Waals surface area (Å²) in [5, 5.41) is 0. The van der Waals surface area contributed by atoms with Gasteiger partial charge in [-0.25, -0.2) is 8.42 Å². The molecule has 1 fully saturated rings. The van der Waals surface area contributed by atoms with Crippen molar-refractivity contribution in [3.05, 3.63) is 39.5 Å². The van der Waals surface area contributed by atoms with Crippen molar-refractivity contribution in [3.8, 4) is 5.75 Å². The van der Waals surface area contributed by atoms with E-state index in [1.54, 1.807) is 20.3 Å². The molecule has 3 aromatic rings. The maximum Gasteiger partial charge on any atom is 0.252 e. The number of hydrogen-bond acceptors (Lipinski definition) is 7. The summed E-state index contributed by atoms with van der Waals surface area (Å²) in [6.45, 7) is 1.60. The molecule has 0 bridgehead atoms. The molecule has 2 aromatic heterocycles. The van der Waals surface area contributed by atoms with E-state index in [-0.39, 0.29) is 29.1 Å². The summed E-state index contributed by atoms with van der Waals surface area (Å²) in [4.78, 5) is 18.1. The smallest absolute Gasteiger partial charge is 0.252 e. The molecule has 1 aromatic carbocycles. The zero-order valence-corrected chi connectivity index (χ0v) is 21.4. The Labute approximate surface area is 205 Å². The van der Waals surface area contributed by atoms with E-state index in [0.717, 1.165) is 27.3 Å². The Bertz CT molecular complexity index is 1320. The molecule has 8 nitrogen and oxygen atoms in total. The van der Waals surface area contributed by atoms with Crippen LogP contribution in [0.1, 0.15) is 12.8 Å². The van der Waals surface area contributed by atoms with Crippen LogP contribution in [0, 0.1) is 5.92 Å². The SMILES string of the molecule is COCCn1c(=NC(=O)C2CCN(S(=O)(=O)c3ccc(Cl)s3)CC2)sc2cc(OC)ccc21. The number of amides is 1. The van der Waals surface area contributed by atoms with Gasteiger partial charge in [0.1, 0.15) is 9.96 Å². The topological polar surface area (TPSA) is 90.2 Å². The van der Waals surface area contributed by atoms with E-state index in [1.165, 1.54) is 21.7 Å². The van der Waals surface area contributed by atoms with E-state index in [9.17, 15) is 13.2 Å². The van der Waals surface area contributed by atoms with Crippen LogP contribution in [-0.4, -0.2) is 57.1 Å². The van der Waals surface area contributed by atoms with Gasteiger partial charge in [0, 0.05) is 32.7 Å². The van der Waals surface area contributed by atoms with Crippen molar-refractivity contribution in [1.82, 2.24) is 8.87 Å². The van der Waals surface area contributed by atoms with Crippen LogP contribution in [0.3, 0.4) is 0 Å². The molecule has 0 aliphatic carbocycles. The molecule has 0 unspecified atom stereocenters. The second-order valence-electron chi connectivity index (χ2n) is 7.55. The number of thiazole rings is 1. The number of halogens is 1. The molecule has 4 rings (SSSR count). The number of rotatable bonds is 7. The van der Waals surface area contributed by atoms with Crippen molar-refractivity contribution in [3.63, 3.8) is 0 Å². The summed E-state index contributed by atoms with van der Waals surface area (Å²) < 4.78 is 41.2. The van der Waals surface area contributed by atoms with E-state index in [1.807, 2.05) is 22.8 Å². The first kappa shape index (κ1) is 24.4. The number of hydrogen-bond donors (Lipinski definition) is 0. The van der Waals surface area contributed by atoms with Gasteiger partial charge in [-0.3, -0.25) is 4.79 Å². The average Bonchev–Trinajstić information content (AvgIpc) is 3.40. The van der Waals surface area contributed by atoms with Gasteiger partial charge in [-0.05, 0) is 43.2 Å². The number of carbonyl (C=O) groups is 1. The lowest BCUT2D eigenvalue weighted by atomic mass is 9.98. The van der Waals surface area contributed by atoms with E-state index in [2.05, 4.69) is 4.99 Å². The number of thiophene rings is 1. The number of methoxy groups -OCH3 is 2. The average molecular weight is 530 g/mol. The van der Waals surface area contributed by atoms with Crippen LogP contribution in [0.2, 0.25) is 4.34 Å². The van der Waals surface area contributed by atoms with Gasteiger partial charge in [-0.1, -0.05) is 22.9 Å². The van der Waals surface area contributed by atoms with E-state index in [4.69, 9.17) is 21.1 Å². The lowest BCUT2D eigenvalue weighted by Gasteiger charge is -2.29. The fourth-order valence-electron chi connectivity index (χ4n) is 3.76. The monoisotopic (exact) mass is 529 g/mol. The molecule has 0 spiro atoms. The molecule has 0 saturated carbocycles. The number of benzene rings is 1. The molecule has 178 valence electrons. The van der Waals surface area contributed by atoms with Crippen LogP contribution in [0.25, 0.3) is 10.2 Å². The minimum atomic E-state index is -3.59. The quantitative estimate of drug-likeness (QED) is 0.466. The highest BCUT2D eigenvalue weighted by molar-refractivity contribution is 7.91. The first-order valence-corrected chi connectivity index (χ1v) is 13.8. The van der Waals surface area contributed by atoms with E-state index < -0.39 is 10.0 Å². The molecule has 1 aliphatic heterocycles. The third-order valence-electron chi connectivity index (χ3n) is 5.56. The van der Waals surface area contributed by atoms with Gasteiger partial charge in [-0.15, -0.1) is 11.3 Å². The number of aromatic nitrogens is 1. The Balaban J connectivity index is 1.54. The van der Waals surface area contributed by atoms with Gasteiger partial charge >= 0.3 is 0 Å². The van der Waals surface area contributed by atoms with Gasteiger partial charge in [0.2, 0.25) is 0 Å². The van der Waals surface area contributed by atoms with Crippen LogP contribution in [0.4, 0.5) is 0 Å². The highest BCUT2D eigenvalue weighted by Crippen LogP contribution is 2.31. The molecule has 1 saturated heterocycles. The maximum atomic E-state index is 13.0. The first-order valence-electron chi connectivity index (χ1n) is 10.3. The molecule has 0 radical (unpaired) electrons. The standard InChI is InChI=1S/C21H24ClN3O5S3/c1-29-12-11-25-16-4-3-15(30-2)13-17(16)31-21(25)23-20(26)14-7-9-24(10-8-14)33(27,28)19-6-5-18(22)32-19/h3-6,13-14H,7-12H2,1-2H3. The van der Waals surface area contributed by atoms with E-state index in [0.29, 0.717) is 35.1 Å². The number of piperidine rings is 1. The minimum absolute atomic E-state index is 0.224. The predicted molar refractivity (Wildman–Crippen MR) is 130 cm³/mol. The highest BCUT2D eigenvalue weighted by atomic mass is 35.5. The zero-order valence-electron chi connectivity index (χ0n) is 18.2. The normalized spacial score (nSPS) is 16.5. The maximum absolute atomic E-state index is 13.0. The molecule has 0 N–H and O–H groups in total. The summed E-state index contributed by atoms with van der Waals surface area (Å²) in [6, 6.07) is 8.84. The number of sulfonamides is 1. The van der Waals surface area contributed by atoms with Gasteiger partial charge in [0.15, 0.2) is 4.80 Å². The lowest BCUT2D eigenvalue weighted by molar-refractivity contribution is -0.122. The van der Waals surface area contributed by atoms with Crippen LogP contribution >= 0.6 is 34.3 Å². The van der Waals surface area contributed by atoms with Crippen LogP contribution in [0.15, 0.2) is 39.5 Å². The summed E-state index contributed by atoms with van der Waals surface area (Å²) in [7, 11) is -0.348. The summed E-state index contributed by atoms with van der Waals surface area (Å²) in [6.07, 6.45) is 0.856. The second kappa shape index (κ2) is 10.2. The van der Waals surface area contributed by atoms with Crippen molar-refractivity contribution < 1.29 is 22.7 Å². The first-order chi connectivity index (χ1) is 15.8. The fourth-order valence-corrected chi connectivity index (χ4v) is 7.95. The van der Waals surface area contributed by atoms with Crippen LogP contribution in [0.5, 0.6) is 5.75 Å². The Morgan fingerprint density at radius 2 is 1.94 bits per heavy atom. The van der Waals surface area contributed by atoms with Crippen molar-refractivity contribution >= 4 is 60.4 Å². The molecular formula is C21H24ClN3O5S3. The largest absolute Gasteiger partial charge is 0.497 e. The van der Waals surface area contributed by atoms with Crippen molar-refractivity contribution in [2.75, 3.05) is 33.9 Å². The molecule has 12 heteroatoms. The third-order valence-corrected chi connectivity index (χ3v) is 10.2. The zero-order chi connectivity index (χ0) is 23.6. The summed E-state index contributed by atoms with van der Waals surface area (Å²) in [5.74, 6) is 0.191. The Morgan fingerprint density at radius 1 is 1.18 bits per heavy atom. The van der Waals surface area contributed by atoms with Crippen molar-refractivity contribution in [2.45, 2.75) is 23.6 Å². The van der Waals surface area contributed by atoms with Gasteiger partial charge in [0.05, 0.1) is 28.3 Å². The number of fused-ring (bicyclic) bond motifs is 1. The molecule has 1 aliphatic rings. The third kappa shape index (κ3) is 5.18. The van der Waals surface area contributed by atoms with Gasteiger partial charge in [-0.2, -0.15) is 9.30 Å². The Kier molecular flexibility index (Phi) is 7.56. The lowest BCUT2D eigenvalue weighted by Crippen LogP contribution is -2.40. The molecule has 1 amide bonds. The number of nitrogens with zero attached hydrogens (tertiary/aromatic N) is 3. The minimum Gasteiger partial charge on any atom is -0.497 e. The van der Waals surface area contributed by atoms with Gasteiger partial charge in [0.25, 0.3) is 15.9 Å².